The van der Waals surface area contributed by atoms with Crippen molar-refractivity contribution >= 4 is 23.1 Å². The van der Waals surface area contributed by atoms with Crippen LogP contribution >= 0.6 is 0 Å². The summed E-state index contributed by atoms with van der Waals surface area (Å²) in [5, 5.41) is 14.9. The molecule has 0 aliphatic carbocycles. The molecule has 0 atom stereocenters. The monoisotopic (exact) mass is 393 g/mol. The summed E-state index contributed by atoms with van der Waals surface area (Å²) in [6.45, 7) is 0.951. The van der Waals surface area contributed by atoms with Crippen LogP contribution in [0.15, 0.2) is 42.6 Å². The lowest BCUT2D eigenvalue weighted by Gasteiger charge is -2.19. The third kappa shape index (κ3) is 3.96. The molecule has 1 aliphatic heterocycles. The minimum Gasteiger partial charge on any atom is -0.495 e. The third-order valence-corrected chi connectivity index (χ3v) is 4.13. The molecule has 2 heterocycles. The zero-order valence-corrected chi connectivity index (χ0v) is 15.4. The second-order valence-electron chi connectivity index (χ2n) is 6.03. The van der Waals surface area contributed by atoms with Crippen LogP contribution in [-0.2, 0) is 0 Å². The lowest BCUT2D eigenvalue weighted by atomic mass is 10.2. The summed E-state index contributed by atoms with van der Waals surface area (Å²) in [6, 6.07) is 12.1. The van der Waals surface area contributed by atoms with Crippen molar-refractivity contribution < 1.29 is 18.6 Å². The zero-order valence-electron chi connectivity index (χ0n) is 15.4. The maximum atomic E-state index is 14.2. The smallest absolute Gasteiger partial charge is 0.229 e. The van der Waals surface area contributed by atoms with Gasteiger partial charge in [0.1, 0.15) is 19.0 Å². The Morgan fingerprint density at radius 1 is 1.10 bits per heavy atom. The topological polar surface area (TPSA) is 101 Å². The molecule has 9 heteroatoms. The van der Waals surface area contributed by atoms with Crippen LogP contribution in [0.1, 0.15) is 5.56 Å². The summed E-state index contributed by atoms with van der Waals surface area (Å²) >= 11 is 0. The van der Waals surface area contributed by atoms with Crippen LogP contribution < -0.4 is 24.8 Å². The number of ether oxygens (including phenoxy) is 3. The van der Waals surface area contributed by atoms with Gasteiger partial charge in [0, 0.05) is 17.8 Å². The summed E-state index contributed by atoms with van der Waals surface area (Å²) in [6.07, 6.45) is 1.06. The van der Waals surface area contributed by atoms with Crippen molar-refractivity contribution in [1.29, 1.82) is 5.26 Å². The van der Waals surface area contributed by atoms with Crippen molar-refractivity contribution in [3.63, 3.8) is 0 Å². The van der Waals surface area contributed by atoms with E-state index in [9.17, 15) is 4.39 Å². The van der Waals surface area contributed by atoms with Crippen LogP contribution in [0.2, 0.25) is 0 Å². The summed E-state index contributed by atoms with van der Waals surface area (Å²) in [7, 11) is 1.49. The van der Waals surface area contributed by atoms with Gasteiger partial charge in [0.05, 0.1) is 30.6 Å². The number of hydrogen-bond donors (Lipinski definition) is 2. The second kappa shape index (κ2) is 7.90. The molecule has 4 rings (SSSR count). The normalized spacial score (nSPS) is 12.0. The number of rotatable bonds is 5. The molecule has 146 valence electrons. The van der Waals surface area contributed by atoms with Crippen LogP contribution in [-0.4, -0.2) is 30.3 Å². The van der Waals surface area contributed by atoms with Gasteiger partial charge < -0.3 is 24.8 Å². The Hall–Kier alpha value is -4.06. The Balaban J connectivity index is 1.58. The van der Waals surface area contributed by atoms with Crippen LogP contribution in [0.5, 0.6) is 17.2 Å². The third-order valence-electron chi connectivity index (χ3n) is 4.13. The summed E-state index contributed by atoms with van der Waals surface area (Å²) in [4.78, 5) is 8.15. The SMILES string of the molecule is COc1cc(C#N)ccc1Nc1ncc(F)c(Nc2ccc3c(c2)OCCO3)n1. The van der Waals surface area contributed by atoms with E-state index in [2.05, 4.69) is 20.6 Å². The fourth-order valence-corrected chi connectivity index (χ4v) is 2.76. The van der Waals surface area contributed by atoms with Gasteiger partial charge >= 0.3 is 0 Å². The Bertz CT molecular complexity index is 1100. The first-order chi connectivity index (χ1) is 14.2. The molecule has 0 unspecified atom stereocenters. The molecule has 0 saturated carbocycles. The highest BCUT2D eigenvalue weighted by molar-refractivity contribution is 5.66. The van der Waals surface area contributed by atoms with E-state index >= 15 is 0 Å². The summed E-state index contributed by atoms with van der Waals surface area (Å²) < 4.78 is 30.5. The zero-order chi connectivity index (χ0) is 20.2. The number of fused-ring (bicyclic) bond motifs is 1. The van der Waals surface area contributed by atoms with E-state index in [0.717, 1.165) is 6.20 Å². The number of hydrogen-bond acceptors (Lipinski definition) is 8. The molecule has 0 amide bonds. The number of benzene rings is 2. The van der Waals surface area contributed by atoms with Gasteiger partial charge in [-0.25, -0.2) is 9.37 Å². The molecular weight excluding hydrogens is 377 g/mol. The molecule has 1 aromatic heterocycles. The molecule has 1 aliphatic rings. The minimum atomic E-state index is -0.614. The van der Waals surface area contributed by atoms with Crippen molar-refractivity contribution in [1.82, 2.24) is 9.97 Å². The first kappa shape index (κ1) is 18.3. The molecular formula is C20H16FN5O3. The van der Waals surface area contributed by atoms with Gasteiger partial charge in [0.15, 0.2) is 23.1 Å². The predicted molar refractivity (Wildman–Crippen MR) is 104 cm³/mol. The highest BCUT2D eigenvalue weighted by atomic mass is 19.1. The molecule has 3 aromatic rings. The van der Waals surface area contributed by atoms with Crippen LogP contribution in [0, 0.1) is 17.1 Å². The van der Waals surface area contributed by atoms with E-state index in [4.69, 9.17) is 19.5 Å². The van der Waals surface area contributed by atoms with Crippen molar-refractivity contribution in [2.24, 2.45) is 0 Å². The molecule has 0 saturated heterocycles. The number of nitrogens with one attached hydrogen (secondary N) is 2. The quantitative estimate of drug-likeness (QED) is 0.676. The Morgan fingerprint density at radius 3 is 2.72 bits per heavy atom. The van der Waals surface area contributed by atoms with Gasteiger partial charge in [-0.3, -0.25) is 0 Å². The van der Waals surface area contributed by atoms with Crippen LogP contribution in [0.4, 0.5) is 27.5 Å². The molecule has 0 spiro atoms. The van der Waals surface area contributed by atoms with E-state index in [1.807, 2.05) is 6.07 Å². The number of methoxy groups -OCH3 is 1. The van der Waals surface area contributed by atoms with Gasteiger partial charge in [0.25, 0.3) is 0 Å². The lowest BCUT2D eigenvalue weighted by molar-refractivity contribution is 0.171. The van der Waals surface area contributed by atoms with Gasteiger partial charge in [-0.15, -0.1) is 0 Å². The van der Waals surface area contributed by atoms with Gasteiger partial charge in [0.2, 0.25) is 5.95 Å². The molecule has 2 N–H and O–H groups in total. The number of aromatic nitrogens is 2. The molecule has 29 heavy (non-hydrogen) atoms. The minimum absolute atomic E-state index is 0.00760. The van der Waals surface area contributed by atoms with E-state index in [0.29, 0.717) is 47.4 Å². The van der Waals surface area contributed by atoms with Crippen molar-refractivity contribution in [2.45, 2.75) is 0 Å². The molecule has 8 nitrogen and oxygen atoms in total. The number of halogens is 1. The lowest BCUT2D eigenvalue weighted by Crippen LogP contribution is -2.15. The predicted octanol–water partition coefficient (Wildman–Crippen LogP) is 3.75. The average Bonchev–Trinajstić information content (AvgIpc) is 2.76. The van der Waals surface area contributed by atoms with E-state index in [-0.39, 0.29) is 11.8 Å². The van der Waals surface area contributed by atoms with E-state index in [1.165, 1.54) is 7.11 Å². The van der Waals surface area contributed by atoms with Crippen molar-refractivity contribution in [3.05, 3.63) is 54.0 Å². The summed E-state index contributed by atoms with van der Waals surface area (Å²) in [5.41, 5.74) is 1.59. The van der Waals surface area contributed by atoms with Crippen LogP contribution in [0.3, 0.4) is 0 Å². The van der Waals surface area contributed by atoms with Gasteiger partial charge in [-0.2, -0.15) is 10.2 Å². The molecule has 0 bridgehead atoms. The molecule has 2 aromatic carbocycles. The fraction of sp³-hybridized carbons (Fsp3) is 0.150. The largest absolute Gasteiger partial charge is 0.495 e. The number of anilines is 4. The highest BCUT2D eigenvalue weighted by Crippen LogP contribution is 2.34. The first-order valence-corrected chi connectivity index (χ1v) is 8.70. The molecule has 0 radical (unpaired) electrons. The number of nitriles is 1. The van der Waals surface area contributed by atoms with Gasteiger partial charge in [-0.05, 0) is 24.3 Å². The second-order valence-corrected chi connectivity index (χ2v) is 6.03. The Kier molecular flexibility index (Phi) is 4.99. The first-order valence-electron chi connectivity index (χ1n) is 8.70. The average molecular weight is 393 g/mol. The highest BCUT2D eigenvalue weighted by Gasteiger charge is 2.14. The number of nitrogens with zero attached hydrogens (tertiary/aromatic N) is 3. The maximum Gasteiger partial charge on any atom is 0.229 e. The van der Waals surface area contributed by atoms with E-state index in [1.54, 1.807) is 36.4 Å². The fourth-order valence-electron chi connectivity index (χ4n) is 2.76. The van der Waals surface area contributed by atoms with E-state index < -0.39 is 5.82 Å². The van der Waals surface area contributed by atoms with Crippen molar-refractivity contribution in [2.75, 3.05) is 31.0 Å². The summed E-state index contributed by atoms with van der Waals surface area (Å²) in [5.74, 6) is 1.20. The molecule has 0 fully saturated rings. The Morgan fingerprint density at radius 2 is 1.93 bits per heavy atom. The van der Waals surface area contributed by atoms with Crippen molar-refractivity contribution in [3.8, 4) is 23.3 Å². The maximum absolute atomic E-state index is 14.2. The van der Waals surface area contributed by atoms with Gasteiger partial charge in [-0.1, -0.05) is 0 Å². The standard InChI is InChI=1S/C20H16FN5O3/c1-27-17-8-12(10-22)2-4-15(17)25-20-23-11-14(21)19(26-20)24-13-3-5-16-18(9-13)29-7-6-28-16/h2-5,8-9,11H,6-7H2,1H3,(H2,23,24,25,26). The van der Waals surface area contributed by atoms with Crippen LogP contribution in [0.25, 0.3) is 0 Å². The Labute approximate surface area is 165 Å².